The van der Waals surface area contributed by atoms with Gasteiger partial charge in [0.1, 0.15) is 10.8 Å². The molecule has 1 saturated carbocycles. The SMILES string of the molecule is CCCSc1nc(N2CCN(CC(=O)O)CC2)ccc1C(=O)NC1CCCCC1. The number of pyridine rings is 1. The molecule has 1 amide bonds. The zero-order valence-corrected chi connectivity index (χ0v) is 18.0. The van der Waals surface area contributed by atoms with Crippen molar-refractivity contribution in [2.75, 3.05) is 43.4 Å². The first-order valence-electron chi connectivity index (χ1n) is 10.7. The summed E-state index contributed by atoms with van der Waals surface area (Å²) in [7, 11) is 0. The summed E-state index contributed by atoms with van der Waals surface area (Å²) in [6, 6.07) is 4.11. The third kappa shape index (κ3) is 6.34. The number of rotatable bonds is 8. The van der Waals surface area contributed by atoms with Crippen molar-refractivity contribution in [3.05, 3.63) is 17.7 Å². The summed E-state index contributed by atoms with van der Waals surface area (Å²) in [4.78, 5) is 32.7. The van der Waals surface area contributed by atoms with Gasteiger partial charge in [0.05, 0.1) is 12.1 Å². The number of carboxylic acids is 1. The molecule has 29 heavy (non-hydrogen) atoms. The van der Waals surface area contributed by atoms with Crippen LogP contribution in [-0.2, 0) is 4.79 Å². The van der Waals surface area contributed by atoms with Crippen LogP contribution in [0.3, 0.4) is 0 Å². The highest BCUT2D eigenvalue weighted by atomic mass is 32.2. The lowest BCUT2D eigenvalue weighted by Gasteiger charge is -2.34. The number of hydrogen-bond acceptors (Lipinski definition) is 6. The molecular formula is C21H32N4O3S. The van der Waals surface area contributed by atoms with Crippen molar-refractivity contribution < 1.29 is 14.7 Å². The van der Waals surface area contributed by atoms with Gasteiger partial charge in [-0.2, -0.15) is 0 Å². The van der Waals surface area contributed by atoms with Gasteiger partial charge in [-0.1, -0.05) is 26.2 Å². The lowest BCUT2D eigenvalue weighted by Crippen LogP contribution is -2.48. The Morgan fingerprint density at radius 3 is 2.55 bits per heavy atom. The average molecular weight is 421 g/mol. The number of carboxylic acid groups (broad SMARTS) is 1. The number of carbonyl (C=O) groups is 2. The second-order valence-corrected chi connectivity index (χ2v) is 8.92. The van der Waals surface area contributed by atoms with Crippen LogP contribution in [0, 0.1) is 0 Å². The topological polar surface area (TPSA) is 85.8 Å². The zero-order chi connectivity index (χ0) is 20.6. The third-order valence-electron chi connectivity index (χ3n) is 5.53. The first-order chi connectivity index (χ1) is 14.1. The van der Waals surface area contributed by atoms with Gasteiger partial charge in [0, 0.05) is 32.2 Å². The van der Waals surface area contributed by atoms with Crippen molar-refractivity contribution in [1.82, 2.24) is 15.2 Å². The fourth-order valence-electron chi connectivity index (χ4n) is 3.92. The molecule has 8 heteroatoms. The molecule has 0 atom stereocenters. The van der Waals surface area contributed by atoms with Gasteiger partial charge in [-0.3, -0.25) is 14.5 Å². The summed E-state index contributed by atoms with van der Waals surface area (Å²) in [6.45, 7) is 5.10. The van der Waals surface area contributed by atoms with Gasteiger partial charge < -0.3 is 15.3 Å². The minimum atomic E-state index is -0.789. The first kappa shape index (κ1) is 21.9. The maximum atomic E-state index is 12.9. The van der Waals surface area contributed by atoms with Gasteiger partial charge in [0.2, 0.25) is 0 Å². The van der Waals surface area contributed by atoms with Crippen LogP contribution in [-0.4, -0.2) is 71.4 Å². The first-order valence-corrected chi connectivity index (χ1v) is 11.7. The molecular weight excluding hydrogens is 388 g/mol. The Hall–Kier alpha value is -1.80. The highest BCUT2D eigenvalue weighted by molar-refractivity contribution is 7.99. The maximum Gasteiger partial charge on any atom is 0.317 e. The molecule has 2 N–H and O–H groups in total. The quantitative estimate of drug-likeness (QED) is 0.626. The molecule has 1 aromatic rings. The molecule has 0 bridgehead atoms. The van der Waals surface area contributed by atoms with Gasteiger partial charge >= 0.3 is 5.97 Å². The van der Waals surface area contributed by atoms with E-state index in [1.165, 1.54) is 19.3 Å². The number of thioether (sulfide) groups is 1. The Balaban J connectivity index is 1.68. The fourth-order valence-corrected chi connectivity index (χ4v) is 4.80. The number of anilines is 1. The smallest absolute Gasteiger partial charge is 0.317 e. The van der Waals surface area contributed by atoms with Crippen LogP contribution < -0.4 is 10.2 Å². The van der Waals surface area contributed by atoms with Crippen LogP contribution >= 0.6 is 11.8 Å². The standard InChI is InChI=1S/C21H32N4O3S/c1-2-14-29-21-17(20(28)22-16-6-4-3-5-7-16)8-9-18(23-21)25-12-10-24(11-13-25)15-19(26)27/h8-9,16H,2-7,10-15H2,1H3,(H,22,28)(H,26,27). The molecule has 2 fully saturated rings. The average Bonchev–Trinajstić information content (AvgIpc) is 2.73. The van der Waals surface area contributed by atoms with Gasteiger partial charge in [0.25, 0.3) is 5.91 Å². The van der Waals surface area contributed by atoms with E-state index < -0.39 is 5.97 Å². The van der Waals surface area contributed by atoms with Crippen LogP contribution in [0.25, 0.3) is 0 Å². The van der Waals surface area contributed by atoms with Crippen molar-refractivity contribution in [1.29, 1.82) is 0 Å². The summed E-state index contributed by atoms with van der Waals surface area (Å²) in [5, 5.41) is 13.0. The van der Waals surface area contributed by atoms with Crippen LogP contribution in [0.15, 0.2) is 17.2 Å². The number of nitrogens with zero attached hydrogens (tertiary/aromatic N) is 3. The number of carbonyl (C=O) groups excluding carboxylic acids is 1. The largest absolute Gasteiger partial charge is 0.480 e. The third-order valence-corrected chi connectivity index (χ3v) is 6.73. The summed E-state index contributed by atoms with van der Waals surface area (Å²) in [5.74, 6) is 0.990. The van der Waals surface area contributed by atoms with E-state index in [4.69, 9.17) is 10.1 Å². The van der Waals surface area contributed by atoms with E-state index in [0.717, 1.165) is 48.9 Å². The monoisotopic (exact) mass is 420 g/mol. The van der Waals surface area contributed by atoms with Crippen LogP contribution in [0.1, 0.15) is 55.8 Å². The second-order valence-electron chi connectivity index (χ2n) is 7.84. The Morgan fingerprint density at radius 2 is 1.90 bits per heavy atom. The van der Waals surface area contributed by atoms with Crippen molar-refractivity contribution in [3.63, 3.8) is 0 Å². The number of aromatic nitrogens is 1. The summed E-state index contributed by atoms with van der Waals surface area (Å²) < 4.78 is 0. The molecule has 0 spiro atoms. The molecule has 0 radical (unpaired) electrons. The van der Waals surface area contributed by atoms with Crippen LogP contribution in [0.4, 0.5) is 5.82 Å². The Labute approximate surface area is 177 Å². The van der Waals surface area contributed by atoms with Crippen molar-refractivity contribution in [3.8, 4) is 0 Å². The molecule has 2 aliphatic rings. The lowest BCUT2D eigenvalue weighted by molar-refractivity contribution is -0.138. The highest BCUT2D eigenvalue weighted by Crippen LogP contribution is 2.26. The summed E-state index contributed by atoms with van der Waals surface area (Å²) in [6.07, 6.45) is 6.79. The van der Waals surface area contributed by atoms with E-state index in [-0.39, 0.29) is 18.5 Å². The molecule has 1 aliphatic heterocycles. The van der Waals surface area contributed by atoms with Gasteiger partial charge in [-0.05, 0) is 37.1 Å². The minimum absolute atomic E-state index is 0.0131. The minimum Gasteiger partial charge on any atom is -0.480 e. The lowest BCUT2D eigenvalue weighted by atomic mass is 9.95. The van der Waals surface area contributed by atoms with E-state index in [2.05, 4.69) is 17.1 Å². The van der Waals surface area contributed by atoms with E-state index in [9.17, 15) is 9.59 Å². The second kappa shape index (κ2) is 10.8. The normalized spacial score (nSPS) is 18.6. The van der Waals surface area contributed by atoms with E-state index >= 15 is 0 Å². The van der Waals surface area contributed by atoms with Crippen LogP contribution in [0.2, 0.25) is 0 Å². The molecule has 160 valence electrons. The Kier molecular flexibility index (Phi) is 8.18. The van der Waals surface area contributed by atoms with Crippen molar-refractivity contribution in [2.24, 2.45) is 0 Å². The molecule has 7 nitrogen and oxygen atoms in total. The Bertz CT molecular complexity index is 701. The Morgan fingerprint density at radius 1 is 1.17 bits per heavy atom. The molecule has 0 aromatic carbocycles. The molecule has 1 aromatic heterocycles. The van der Waals surface area contributed by atoms with Gasteiger partial charge in [0.15, 0.2) is 0 Å². The maximum absolute atomic E-state index is 12.9. The molecule has 1 saturated heterocycles. The summed E-state index contributed by atoms with van der Waals surface area (Å²) >= 11 is 1.64. The van der Waals surface area contributed by atoms with Gasteiger partial charge in [-0.25, -0.2) is 4.98 Å². The molecule has 1 aliphatic carbocycles. The number of piperazine rings is 1. The molecule has 3 rings (SSSR count). The zero-order valence-electron chi connectivity index (χ0n) is 17.2. The summed E-state index contributed by atoms with van der Waals surface area (Å²) in [5.41, 5.74) is 0.669. The molecule has 2 heterocycles. The number of hydrogen-bond donors (Lipinski definition) is 2. The van der Waals surface area contributed by atoms with Gasteiger partial charge in [-0.15, -0.1) is 11.8 Å². The predicted octanol–water partition coefficient (Wildman–Crippen LogP) is 2.85. The number of amides is 1. The number of aliphatic carboxylic acids is 1. The van der Waals surface area contributed by atoms with Crippen molar-refractivity contribution in [2.45, 2.75) is 56.5 Å². The predicted molar refractivity (Wildman–Crippen MR) is 116 cm³/mol. The highest BCUT2D eigenvalue weighted by Gasteiger charge is 2.23. The van der Waals surface area contributed by atoms with Crippen LogP contribution in [0.5, 0.6) is 0 Å². The van der Waals surface area contributed by atoms with Crippen molar-refractivity contribution >= 4 is 29.5 Å². The fraction of sp³-hybridized carbons (Fsp3) is 0.667. The van der Waals surface area contributed by atoms with E-state index in [1.54, 1.807) is 11.8 Å². The van der Waals surface area contributed by atoms with E-state index in [1.807, 2.05) is 17.0 Å². The number of nitrogens with one attached hydrogen (secondary N) is 1. The molecule has 0 unspecified atom stereocenters. The van der Waals surface area contributed by atoms with E-state index in [0.29, 0.717) is 18.7 Å².